The number of benzene rings is 1. The Hall–Kier alpha value is -0.960. The minimum absolute atomic E-state index is 0.0292. The van der Waals surface area contributed by atoms with Crippen LogP contribution in [-0.4, -0.2) is 16.0 Å². The second-order valence-corrected chi connectivity index (χ2v) is 10.1. The van der Waals surface area contributed by atoms with E-state index in [0.717, 1.165) is 35.9 Å². The lowest BCUT2D eigenvalue weighted by Gasteiger charge is -2.47. The van der Waals surface area contributed by atoms with Crippen molar-refractivity contribution in [3.63, 3.8) is 0 Å². The van der Waals surface area contributed by atoms with Crippen LogP contribution in [0.3, 0.4) is 0 Å². The van der Waals surface area contributed by atoms with Crippen LogP contribution in [0.1, 0.15) is 83.8 Å². The summed E-state index contributed by atoms with van der Waals surface area (Å²) in [5, 5.41) is 12.0. The fraction of sp³-hybridized carbons (Fsp3) is 0.652. The number of fused-ring (bicyclic) bond motifs is 3. The number of hydrogen-bond donors (Lipinski definition) is 1. The summed E-state index contributed by atoms with van der Waals surface area (Å²) in [6.45, 7) is 11.1. The third kappa shape index (κ3) is 3.69. The largest absolute Gasteiger partial charge is 0.508 e. The van der Waals surface area contributed by atoms with Gasteiger partial charge in [0.2, 0.25) is 0 Å². The normalized spacial score (nSPS) is 24.3. The maximum absolute atomic E-state index is 11.0. The van der Waals surface area contributed by atoms with E-state index in [1.807, 2.05) is 6.07 Å². The standard InChI is InChI=1S/C23H33BrO2/c1-15-8-9-18-17(12-15)21-19(25)13-16(14-20(21)26-23(18,4)5)22(2,3)10-6-7-11-24/h8,13-14,17-18,25H,6-7,9-12H2,1-5H3/t17-,18-/m1/s1. The molecule has 2 nitrogen and oxygen atoms in total. The third-order valence-electron chi connectivity index (χ3n) is 6.47. The molecule has 1 heterocycles. The first-order chi connectivity index (χ1) is 12.2. The van der Waals surface area contributed by atoms with Crippen LogP contribution in [0.5, 0.6) is 11.5 Å². The van der Waals surface area contributed by atoms with Crippen LogP contribution in [-0.2, 0) is 5.41 Å². The van der Waals surface area contributed by atoms with Crippen LogP contribution in [0, 0.1) is 5.92 Å². The Morgan fingerprint density at radius 2 is 2.00 bits per heavy atom. The summed E-state index contributed by atoms with van der Waals surface area (Å²) < 4.78 is 6.47. The van der Waals surface area contributed by atoms with E-state index in [-0.39, 0.29) is 11.0 Å². The van der Waals surface area contributed by atoms with Gasteiger partial charge in [-0.1, -0.05) is 47.8 Å². The highest BCUT2D eigenvalue weighted by Gasteiger charge is 2.46. The molecule has 1 aromatic rings. The van der Waals surface area contributed by atoms with Crippen LogP contribution in [0.15, 0.2) is 23.8 Å². The molecule has 1 aliphatic carbocycles. The summed E-state index contributed by atoms with van der Waals surface area (Å²) in [5.41, 5.74) is 3.46. The van der Waals surface area contributed by atoms with E-state index >= 15 is 0 Å². The van der Waals surface area contributed by atoms with Gasteiger partial charge >= 0.3 is 0 Å². The van der Waals surface area contributed by atoms with Crippen molar-refractivity contribution in [1.82, 2.24) is 0 Å². The number of allylic oxidation sites excluding steroid dienone is 2. The summed E-state index contributed by atoms with van der Waals surface area (Å²) in [5.74, 6) is 2.09. The third-order valence-corrected chi connectivity index (χ3v) is 7.03. The number of aromatic hydroxyl groups is 1. The molecule has 26 heavy (non-hydrogen) atoms. The average Bonchev–Trinajstić information content (AvgIpc) is 2.53. The lowest BCUT2D eigenvalue weighted by atomic mass is 9.66. The maximum Gasteiger partial charge on any atom is 0.127 e. The first-order valence-electron chi connectivity index (χ1n) is 9.94. The Labute approximate surface area is 167 Å². The maximum atomic E-state index is 11.0. The van der Waals surface area contributed by atoms with Gasteiger partial charge < -0.3 is 9.84 Å². The molecule has 0 radical (unpaired) electrons. The molecule has 0 fully saturated rings. The van der Waals surface area contributed by atoms with E-state index < -0.39 is 0 Å². The van der Waals surface area contributed by atoms with Crippen molar-refractivity contribution in [3.05, 3.63) is 34.9 Å². The summed E-state index contributed by atoms with van der Waals surface area (Å²) in [4.78, 5) is 0. The van der Waals surface area contributed by atoms with Crippen LogP contribution in [0.2, 0.25) is 0 Å². The van der Waals surface area contributed by atoms with Crippen molar-refractivity contribution in [1.29, 1.82) is 0 Å². The number of phenols is 1. The number of unbranched alkanes of at least 4 members (excludes halogenated alkanes) is 1. The predicted octanol–water partition coefficient (Wildman–Crippen LogP) is 6.85. The number of halogens is 1. The SMILES string of the molecule is CC1=CC[C@@H]2[C@@H](C1)c1c(O)cc(C(C)(C)CCCCBr)cc1OC2(C)C. The van der Waals surface area contributed by atoms with E-state index in [2.05, 4.69) is 62.7 Å². The highest BCUT2D eigenvalue weighted by Crippen LogP contribution is 2.54. The molecule has 1 aliphatic heterocycles. The Morgan fingerprint density at radius 1 is 1.27 bits per heavy atom. The van der Waals surface area contributed by atoms with Crippen molar-refractivity contribution in [2.45, 2.75) is 83.7 Å². The second kappa shape index (κ2) is 7.22. The van der Waals surface area contributed by atoms with Gasteiger partial charge in [-0.3, -0.25) is 0 Å². The minimum atomic E-state index is -0.208. The van der Waals surface area contributed by atoms with Crippen molar-refractivity contribution in [2.75, 3.05) is 5.33 Å². The first kappa shape index (κ1) is 19.8. The molecule has 0 saturated carbocycles. The van der Waals surface area contributed by atoms with Crippen molar-refractivity contribution in [3.8, 4) is 11.5 Å². The Balaban J connectivity index is 1.99. The molecule has 0 amide bonds. The van der Waals surface area contributed by atoms with Gasteiger partial charge in [-0.05, 0) is 69.6 Å². The number of hydrogen-bond acceptors (Lipinski definition) is 2. The van der Waals surface area contributed by atoms with E-state index in [0.29, 0.717) is 17.6 Å². The highest BCUT2D eigenvalue weighted by molar-refractivity contribution is 9.09. The van der Waals surface area contributed by atoms with Crippen LogP contribution in [0.4, 0.5) is 0 Å². The van der Waals surface area contributed by atoms with Crippen molar-refractivity contribution >= 4 is 15.9 Å². The Bertz CT molecular complexity index is 702. The Morgan fingerprint density at radius 3 is 2.69 bits per heavy atom. The van der Waals surface area contributed by atoms with Crippen molar-refractivity contribution in [2.24, 2.45) is 5.92 Å². The van der Waals surface area contributed by atoms with Gasteiger partial charge in [0, 0.05) is 22.7 Å². The van der Waals surface area contributed by atoms with Crippen LogP contribution in [0.25, 0.3) is 0 Å². The molecule has 3 heteroatoms. The summed E-state index contributed by atoms with van der Waals surface area (Å²) in [6, 6.07) is 4.20. The molecular weight excluding hydrogens is 388 g/mol. The van der Waals surface area contributed by atoms with Gasteiger partial charge in [0.1, 0.15) is 17.1 Å². The summed E-state index contributed by atoms with van der Waals surface area (Å²) in [7, 11) is 0. The molecule has 144 valence electrons. The number of alkyl halides is 1. The highest BCUT2D eigenvalue weighted by atomic mass is 79.9. The quantitative estimate of drug-likeness (QED) is 0.320. The van der Waals surface area contributed by atoms with Crippen LogP contribution < -0.4 is 4.74 Å². The Kier molecular flexibility index (Phi) is 5.50. The lowest BCUT2D eigenvalue weighted by Crippen LogP contribution is -2.45. The van der Waals surface area contributed by atoms with E-state index in [4.69, 9.17) is 4.74 Å². The van der Waals surface area contributed by atoms with Gasteiger partial charge in [0.05, 0.1) is 0 Å². The smallest absolute Gasteiger partial charge is 0.127 e. The second-order valence-electron chi connectivity index (χ2n) is 9.35. The van der Waals surface area contributed by atoms with Gasteiger partial charge in [0.25, 0.3) is 0 Å². The van der Waals surface area contributed by atoms with Gasteiger partial charge in [-0.25, -0.2) is 0 Å². The molecule has 3 rings (SSSR count). The monoisotopic (exact) mass is 420 g/mol. The number of ether oxygens (including phenoxy) is 1. The summed E-state index contributed by atoms with van der Waals surface area (Å²) >= 11 is 3.52. The van der Waals surface area contributed by atoms with Gasteiger partial charge in [0.15, 0.2) is 0 Å². The zero-order chi connectivity index (χ0) is 19.1. The average molecular weight is 421 g/mol. The minimum Gasteiger partial charge on any atom is -0.508 e. The van der Waals surface area contributed by atoms with Crippen LogP contribution >= 0.6 is 15.9 Å². The first-order valence-corrected chi connectivity index (χ1v) is 11.1. The molecular formula is C23H33BrO2. The van der Waals surface area contributed by atoms with Gasteiger partial charge in [-0.2, -0.15) is 0 Å². The zero-order valence-electron chi connectivity index (χ0n) is 16.9. The van der Waals surface area contributed by atoms with Crippen molar-refractivity contribution < 1.29 is 9.84 Å². The zero-order valence-corrected chi connectivity index (χ0v) is 18.4. The summed E-state index contributed by atoms with van der Waals surface area (Å²) in [6.07, 6.45) is 7.86. The van der Waals surface area contributed by atoms with E-state index in [9.17, 15) is 5.11 Å². The number of rotatable bonds is 5. The fourth-order valence-corrected chi connectivity index (χ4v) is 5.16. The molecule has 0 unspecified atom stereocenters. The molecule has 1 N–H and O–H groups in total. The molecule has 2 atom stereocenters. The molecule has 1 aromatic carbocycles. The molecule has 0 aromatic heterocycles. The van der Waals surface area contributed by atoms with E-state index in [1.54, 1.807) is 0 Å². The molecule has 2 aliphatic rings. The predicted molar refractivity (Wildman–Crippen MR) is 113 cm³/mol. The lowest BCUT2D eigenvalue weighted by molar-refractivity contribution is 0.00741. The molecule has 0 spiro atoms. The number of phenolic OH excluding ortho intramolecular Hbond substituents is 1. The van der Waals surface area contributed by atoms with Gasteiger partial charge in [-0.15, -0.1) is 0 Å². The fourth-order valence-electron chi connectivity index (χ4n) is 4.76. The molecule has 0 saturated heterocycles. The van der Waals surface area contributed by atoms with E-state index in [1.165, 1.54) is 24.0 Å². The molecule has 0 bridgehead atoms. The topological polar surface area (TPSA) is 29.5 Å².